The van der Waals surface area contributed by atoms with Gasteiger partial charge in [0.25, 0.3) is 11.6 Å². The third-order valence-corrected chi connectivity index (χ3v) is 4.93. The van der Waals surface area contributed by atoms with Crippen LogP contribution in [-0.4, -0.2) is 53.9 Å². The summed E-state index contributed by atoms with van der Waals surface area (Å²) in [7, 11) is 1.65. The van der Waals surface area contributed by atoms with Crippen molar-refractivity contribution in [1.82, 2.24) is 9.80 Å². The number of amides is 1. The van der Waals surface area contributed by atoms with Gasteiger partial charge in [-0.05, 0) is 30.7 Å². The molecule has 1 heterocycles. The summed E-state index contributed by atoms with van der Waals surface area (Å²) in [6.07, 6.45) is 0. The Hall–Kier alpha value is -2.93. The number of hydrogen-bond acceptors (Lipinski definition) is 5. The first kappa shape index (κ1) is 18.8. The lowest BCUT2D eigenvalue weighted by Crippen LogP contribution is -2.48. The maximum atomic E-state index is 12.8. The minimum Gasteiger partial charge on any atom is -0.497 e. The Balaban J connectivity index is 1.63. The van der Waals surface area contributed by atoms with Crippen LogP contribution in [0.15, 0.2) is 42.5 Å². The van der Waals surface area contributed by atoms with Crippen LogP contribution in [0, 0.1) is 17.0 Å². The quantitative estimate of drug-likeness (QED) is 0.598. The number of nitro benzene ring substituents is 1. The van der Waals surface area contributed by atoms with Crippen molar-refractivity contribution in [1.29, 1.82) is 0 Å². The average Bonchev–Trinajstić information content (AvgIpc) is 2.68. The Bertz CT molecular complexity index is 845. The van der Waals surface area contributed by atoms with Crippen molar-refractivity contribution in [2.45, 2.75) is 13.5 Å². The highest BCUT2D eigenvalue weighted by Crippen LogP contribution is 2.23. The Morgan fingerprint density at radius 2 is 1.85 bits per heavy atom. The van der Waals surface area contributed by atoms with Crippen LogP contribution in [0.25, 0.3) is 0 Å². The molecule has 1 saturated heterocycles. The third kappa shape index (κ3) is 4.25. The molecule has 1 aliphatic heterocycles. The number of nitrogens with zero attached hydrogens (tertiary/aromatic N) is 3. The standard InChI is InChI=1S/C20H23N3O4/c1-15-18(7-4-8-19(15)23(25)26)20(24)22-11-9-21(10-12-22)14-16-5-3-6-17(13-16)27-2/h3-8,13H,9-12,14H2,1-2H3. The Morgan fingerprint density at radius 3 is 2.52 bits per heavy atom. The number of hydrogen-bond donors (Lipinski definition) is 0. The zero-order valence-electron chi connectivity index (χ0n) is 15.6. The zero-order chi connectivity index (χ0) is 19.4. The van der Waals surface area contributed by atoms with Crippen LogP contribution in [0.2, 0.25) is 0 Å². The van der Waals surface area contributed by atoms with Gasteiger partial charge in [-0.25, -0.2) is 0 Å². The summed E-state index contributed by atoms with van der Waals surface area (Å²) in [6.45, 7) is 5.16. The van der Waals surface area contributed by atoms with E-state index in [2.05, 4.69) is 11.0 Å². The fraction of sp³-hybridized carbons (Fsp3) is 0.350. The monoisotopic (exact) mass is 369 g/mol. The molecule has 7 heteroatoms. The number of carbonyl (C=O) groups excluding carboxylic acids is 1. The topological polar surface area (TPSA) is 75.9 Å². The number of rotatable bonds is 5. The number of nitro groups is 1. The van der Waals surface area contributed by atoms with Gasteiger partial charge in [0.15, 0.2) is 0 Å². The van der Waals surface area contributed by atoms with Crippen molar-refractivity contribution >= 4 is 11.6 Å². The van der Waals surface area contributed by atoms with E-state index in [0.29, 0.717) is 24.2 Å². The molecular formula is C20H23N3O4. The van der Waals surface area contributed by atoms with Crippen LogP contribution in [0.1, 0.15) is 21.5 Å². The molecular weight excluding hydrogens is 346 g/mol. The SMILES string of the molecule is COc1cccc(CN2CCN(C(=O)c3cccc([N+](=O)[O-])c3C)CC2)c1. The molecule has 1 aliphatic rings. The average molecular weight is 369 g/mol. The van der Waals surface area contributed by atoms with Gasteiger partial charge in [0.1, 0.15) is 5.75 Å². The summed E-state index contributed by atoms with van der Waals surface area (Å²) in [5.74, 6) is 0.694. The van der Waals surface area contributed by atoms with Crippen LogP contribution < -0.4 is 4.74 Å². The van der Waals surface area contributed by atoms with Crippen molar-refractivity contribution in [3.63, 3.8) is 0 Å². The van der Waals surface area contributed by atoms with Crippen molar-refractivity contribution in [2.75, 3.05) is 33.3 Å². The highest BCUT2D eigenvalue weighted by Gasteiger charge is 2.25. The normalized spacial score (nSPS) is 14.8. The second kappa shape index (κ2) is 8.18. The van der Waals surface area contributed by atoms with Gasteiger partial charge in [0, 0.05) is 49.9 Å². The van der Waals surface area contributed by atoms with Gasteiger partial charge in [0.2, 0.25) is 0 Å². The number of piperazine rings is 1. The lowest BCUT2D eigenvalue weighted by Gasteiger charge is -2.35. The molecule has 0 bridgehead atoms. The maximum Gasteiger partial charge on any atom is 0.273 e. The molecule has 0 aliphatic carbocycles. The van der Waals surface area contributed by atoms with Crippen LogP contribution in [0.5, 0.6) is 5.75 Å². The molecule has 7 nitrogen and oxygen atoms in total. The van der Waals surface area contributed by atoms with Crippen molar-refractivity contribution < 1.29 is 14.5 Å². The molecule has 0 atom stereocenters. The van der Waals surface area contributed by atoms with Crippen LogP contribution >= 0.6 is 0 Å². The zero-order valence-corrected chi connectivity index (χ0v) is 15.6. The number of ether oxygens (including phenoxy) is 1. The molecule has 3 rings (SSSR count). The van der Waals surface area contributed by atoms with Crippen molar-refractivity contribution in [3.05, 3.63) is 69.3 Å². The summed E-state index contributed by atoms with van der Waals surface area (Å²) >= 11 is 0. The van der Waals surface area contributed by atoms with Gasteiger partial charge in [0.05, 0.1) is 12.0 Å². The number of methoxy groups -OCH3 is 1. The molecule has 142 valence electrons. The molecule has 1 amide bonds. The molecule has 0 radical (unpaired) electrons. The molecule has 27 heavy (non-hydrogen) atoms. The molecule has 2 aromatic carbocycles. The van der Waals surface area contributed by atoms with Gasteiger partial charge in [-0.1, -0.05) is 18.2 Å². The second-order valence-corrected chi connectivity index (χ2v) is 6.63. The van der Waals surface area contributed by atoms with E-state index in [0.717, 1.165) is 25.4 Å². The summed E-state index contributed by atoms with van der Waals surface area (Å²) in [4.78, 5) is 27.5. The van der Waals surface area contributed by atoms with Gasteiger partial charge < -0.3 is 9.64 Å². The molecule has 0 unspecified atom stereocenters. The molecule has 0 spiro atoms. The minimum atomic E-state index is -0.446. The number of carbonyl (C=O) groups is 1. The van der Waals surface area contributed by atoms with Crippen molar-refractivity contribution in [2.24, 2.45) is 0 Å². The van der Waals surface area contributed by atoms with E-state index in [1.807, 2.05) is 18.2 Å². The summed E-state index contributed by atoms with van der Waals surface area (Å²) < 4.78 is 5.26. The Kier molecular flexibility index (Phi) is 5.71. The van der Waals surface area contributed by atoms with Gasteiger partial charge >= 0.3 is 0 Å². The summed E-state index contributed by atoms with van der Waals surface area (Å²) in [5.41, 5.74) is 1.98. The molecule has 1 fully saturated rings. The fourth-order valence-electron chi connectivity index (χ4n) is 3.36. The Morgan fingerprint density at radius 1 is 1.15 bits per heavy atom. The molecule has 2 aromatic rings. The van der Waals surface area contributed by atoms with Gasteiger partial charge in [-0.3, -0.25) is 19.8 Å². The largest absolute Gasteiger partial charge is 0.497 e. The van der Waals surface area contributed by atoms with Gasteiger partial charge in [-0.15, -0.1) is 0 Å². The fourth-order valence-corrected chi connectivity index (χ4v) is 3.36. The van der Waals surface area contributed by atoms with E-state index in [1.165, 1.54) is 11.6 Å². The first-order valence-electron chi connectivity index (χ1n) is 8.88. The molecule has 0 saturated carbocycles. The number of benzene rings is 2. The predicted octanol–water partition coefficient (Wildman–Crippen LogP) is 2.87. The van der Waals surface area contributed by atoms with Crippen LogP contribution in [-0.2, 0) is 6.54 Å². The highest BCUT2D eigenvalue weighted by molar-refractivity contribution is 5.96. The van der Waals surface area contributed by atoms with Crippen LogP contribution in [0.3, 0.4) is 0 Å². The van der Waals surface area contributed by atoms with E-state index < -0.39 is 4.92 Å². The van der Waals surface area contributed by atoms with Gasteiger partial charge in [-0.2, -0.15) is 0 Å². The van der Waals surface area contributed by atoms with E-state index >= 15 is 0 Å². The van der Waals surface area contributed by atoms with Crippen LogP contribution in [0.4, 0.5) is 5.69 Å². The minimum absolute atomic E-state index is 0.0162. The molecule has 0 aromatic heterocycles. The molecule has 0 N–H and O–H groups in total. The lowest BCUT2D eigenvalue weighted by atomic mass is 10.1. The third-order valence-electron chi connectivity index (χ3n) is 4.93. The summed E-state index contributed by atoms with van der Waals surface area (Å²) in [5, 5.41) is 11.1. The van der Waals surface area contributed by atoms with E-state index in [9.17, 15) is 14.9 Å². The van der Waals surface area contributed by atoms with Crippen molar-refractivity contribution in [3.8, 4) is 5.75 Å². The first-order chi connectivity index (χ1) is 13.0. The second-order valence-electron chi connectivity index (χ2n) is 6.63. The summed E-state index contributed by atoms with van der Waals surface area (Å²) in [6, 6.07) is 12.6. The predicted molar refractivity (Wildman–Crippen MR) is 102 cm³/mol. The first-order valence-corrected chi connectivity index (χ1v) is 8.88. The van der Waals surface area contributed by atoms with E-state index in [4.69, 9.17) is 4.74 Å². The van der Waals surface area contributed by atoms with E-state index in [-0.39, 0.29) is 11.6 Å². The maximum absolute atomic E-state index is 12.8. The lowest BCUT2D eigenvalue weighted by molar-refractivity contribution is -0.385. The van der Waals surface area contributed by atoms with E-state index in [1.54, 1.807) is 31.1 Å². The Labute approximate surface area is 158 Å². The highest BCUT2D eigenvalue weighted by atomic mass is 16.6. The smallest absolute Gasteiger partial charge is 0.273 e.